The Labute approximate surface area is 344 Å². The Kier molecular flexibility index (Phi) is 11.1. The first-order valence-electron chi connectivity index (χ1n) is 22.3. The Bertz CT molecular complexity index is 1900. The number of ether oxygens (including phenoxy) is 1. The molecule has 4 saturated carbocycles. The fraction of sp³-hybridized carbons (Fsp3) is 0.783. The predicted molar refractivity (Wildman–Crippen MR) is 219 cm³/mol. The van der Waals surface area contributed by atoms with Crippen molar-refractivity contribution in [2.75, 3.05) is 44.3 Å². The van der Waals surface area contributed by atoms with Crippen LogP contribution in [0.2, 0.25) is 0 Å². The Morgan fingerprint density at radius 1 is 0.948 bits per heavy atom. The zero-order valence-corrected chi connectivity index (χ0v) is 36.0. The molecular formula is C46H66F3N3O5S. The number of halogens is 3. The summed E-state index contributed by atoms with van der Waals surface area (Å²) in [5.41, 5.74) is 1.23. The number of pyridine rings is 1. The summed E-state index contributed by atoms with van der Waals surface area (Å²) in [7, 11) is -2.87. The van der Waals surface area contributed by atoms with Gasteiger partial charge in [-0.05, 0) is 153 Å². The molecule has 6 aliphatic carbocycles. The number of nitrogens with zero attached hydrogens (tertiary/aromatic N) is 2. The second-order valence-electron chi connectivity index (χ2n) is 20.6. The number of hydrogen-bond acceptors (Lipinski definition) is 7. The molecule has 2 N–H and O–H groups in total. The Hall–Kier alpha value is -2.44. The number of alkyl halides is 3. The summed E-state index contributed by atoms with van der Waals surface area (Å²) in [5.74, 6) is 2.55. The minimum Gasteiger partial charge on any atom is -0.481 e. The van der Waals surface area contributed by atoms with Crippen LogP contribution in [-0.4, -0.2) is 79.2 Å². The molecule has 12 heteroatoms. The Morgan fingerprint density at radius 2 is 1.72 bits per heavy atom. The van der Waals surface area contributed by atoms with Crippen molar-refractivity contribution in [1.29, 1.82) is 0 Å². The van der Waals surface area contributed by atoms with E-state index in [1.807, 2.05) is 0 Å². The lowest BCUT2D eigenvalue weighted by Gasteiger charge is -2.68. The van der Waals surface area contributed by atoms with Crippen LogP contribution >= 0.6 is 0 Å². The van der Waals surface area contributed by atoms with Crippen molar-refractivity contribution in [3.8, 4) is 5.88 Å². The molecule has 2 heterocycles. The zero-order chi connectivity index (χ0) is 41.4. The van der Waals surface area contributed by atoms with Crippen LogP contribution < -0.4 is 10.1 Å². The summed E-state index contributed by atoms with van der Waals surface area (Å²) >= 11 is 0. The van der Waals surface area contributed by atoms with Gasteiger partial charge in [0.1, 0.15) is 5.56 Å². The normalized spacial score (nSPS) is 39.6. The lowest BCUT2D eigenvalue weighted by atomic mass is 9.37. The van der Waals surface area contributed by atoms with Gasteiger partial charge in [-0.3, -0.25) is 4.79 Å². The molecule has 322 valence electrons. The van der Waals surface area contributed by atoms with Crippen molar-refractivity contribution in [3.05, 3.63) is 47.2 Å². The third kappa shape index (κ3) is 7.28. The molecule has 5 fully saturated rings. The smallest absolute Gasteiger partial charge is 0.421 e. The first-order chi connectivity index (χ1) is 27.3. The molecule has 1 aromatic rings. The van der Waals surface area contributed by atoms with E-state index >= 15 is 0 Å². The van der Waals surface area contributed by atoms with Crippen molar-refractivity contribution >= 4 is 15.8 Å². The standard InChI is InChI=1S/C46H66F3N3O5S/c1-41(2)33(31-11-19-44(20-12-31,40(53)54)22-28-57-39-36(46(47,48)49)8-6-23-50-39)13-17-43(4)37(41)15-18-42(3)34-14-21-45(16-5-7-35(45)32(34)9-10-38(42)43)51-24-25-52-26-29-58(55,56)30-27-52/h6,8,11,13,23,32,34-35,37-38,51H,5,7,9-10,12,14-22,24-30H2,1-4H3,(H,53,54)/t32?,34?,35-,37?,38?,42?,43?,44?,45?/m1/s1. The first-order valence-corrected chi connectivity index (χ1v) is 24.1. The molecule has 0 bridgehead atoms. The topological polar surface area (TPSA) is 109 Å². The molecular weight excluding hydrogens is 764 g/mol. The molecule has 9 atom stereocenters. The number of hydrogen-bond donors (Lipinski definition) is 2. The minimum atomic E-state index is -4.61. The van der Waals surface area contributed by atoms with E-state index in [0.717, 1.165) is 43.3 Å². The monoisotopic (exact) mass is 829 g/mol. The maximum Gasteiger partial charge on any atom is 0.421 e. The quantitative estimate of drug-likeness (QED) is 0.241. The van der Waals surface area contributed by atoms with E-state index in [1.54, 1.807) is 0 Å². The van der Waals surface area contributed by atoms with E-state index in [1.165, 1.54) is 81.2 Å². The molecule has 0 amide bonds. The van der Waals surface area contributed by atoms with Gasteiger partial charge in [0.25, 0.3) is 0 Å². The van der Waals surface area contributed by atoms with Gasteiger partial charge in [0, 0.05) is 37.9 Å². The summed E-state index contributed by atoms with van der Waals surface area (Å²) in [4.78, 5) is 18.9. The molecule has 8 nitrogen and oxygen atoms in total. The average Bonchev–Trinajstić information content (AvgIpc) is 3.60. The van der Waals surface area contributed by atoms with E-state index < -0.39 is 38.8 Å². The van der Waals surface area contributed by atoms with Gasteiger partial charge in [-0.25, -0.2) is 13.4 Å². The maximum absolute atomic E-state index is 13.5. The van der Waals surface area contributed by atoms with Gasteiger partial charge in [0.2, 0.25) is 5.88 Å². The molecule has 58 heavy (non-hydrogen) atoms. The third-order valence-electron chi connectivity index (χ3n) is 17.7. The van der Waals surface area contributed by atoms with Crippen LogP contribution in [0.3, 0.4) is 0 Å². The van der Waals surface area contributed by atoms with Gasteiger partial charge in [-0.2, -0.15) is 13.2 Å². The number of nitrogens with one attached hydrogen (secondary N) is 1. The van der Waals surface area contributed by atoms with Crippen LogP contribution in [0.25, 0.3) is 0 Å². The van der Waals surface area contributed by atoms with Gasteiger partial charge in [-0.1, -0.05) is 46.3 Å². The number of sulfone groups is 1. The molecule has 0 aromatic carbocycles. The Balaban J connectivity index is 0.936. The number of fused-ring (bicyclic) bond motifs is 7. The van der Waals surface area contributed by atoms with Crippen LogP contribution in [0, 0.1) is 51.2 Å². The van der Waals surface area contributed by atoms with Crippen LogP contribution in [-0.2, 0) is 20.8 Å². The summed E-state index contributed by atoms with van der Waals surface area (Å²) in [6.07, 6.45) is 15.3. The highest BCUT2D eigenvalue weighted by atomic mass is 32.2. The van der Waals surface area contributed by atoms with Gasteiger partial charge in [0.15, 0.2) is 9.84 Å². The van der Waals surface area contributed by atoms with Crippen LogP contribution in [0.15, 0.2) is 41.6 Å². The molecule has 0 spiro atoms. The van der Waals surface area contributed by atoms with Gasteiger partial charge in [0.05, 0.1) is 23.5 Å². The summed E-state index contributed by atoms with van der Waals surface area (Å²) in [6, 6.07) is 2.15. The van der Waals surface area contributed by atoms with Crippen LogP contribution in [0.5, 0.6) is 5.88 Å². The number of carbonyl (C=O) groups is 1. The lowest BCUT2D eigenvalue weighted by molar-refractivity contribution is -0.175. The lowest BCUT2D eigenvalue weighted by Crippen LogP contribution is -2.64. The van der Waals surface area contributed by atoms with Crippen molar-refractivity contribution in [2.24, 2.45) is 51.2 Å². The third-order valence-corrected chi connectivity index (χ3v) is 19.3. The number of aliphatic carboxylic acids is 1. The van der Waals surface area contributed by atoms with Gasteiger partial charge >= 0.3 is 12.1 Å². The van der Waals surface area contributed by atoms with Crippen LogP contribution in [0.1, 0.15) is 123 Å². The summed E-state index contributed by atoms with van der Waals surface area (Å²) in [6.45, 7) is 13.1. The van der Waals surface area contributed by atoms with E-state index in [9.17, 15) is 31.5 Å². The highest BCUT2D eigenvalue weighted by molar-refractivity contribution is 7.91. The Morgan fingerprint density at radius 3 is 2.43 bits per heavy atom. The largest absolute Gasteiger partial charge is 0.481 e. The van der Waals surface area contributed by atoms with Crippen molar-refractivity contribution in [3.63, 3.8) is 0 Å². The fourth-order valence-electron chi connectivity index (χ4n) is 14.8. The zero-order valence-electron chi connectivity index (χ0n) is 35.1. The highest BCUT2D eigenvalue weighted by Crippen LogP contribution is 2.72. The predicted octanol–water partition coefficient (Wildman–Crippen LogP) is 9.12. The maximum atomic E-state index is 13.5. The average molecular weight is 830 g/mol. The number of carboxylic acid groups (broad SMARTS) is 1. The second-order valence-corrected chi connectivity index (χ2v) is 22.9. The van der Waals surface area contributed by atoms with Gasteiger partial charge in [-0.15, -0.1) is 0 Å². The number of aromatic nitrogens is 1. The minimum absolute atomic E-state index is 0.0635. The second kappa shape index (κ2) is 15.2. The highest BCUT2D eigenvalue weighted by Gasteiger charge is 2.65. The summed E-state index contributed by atoms with van der Waals surface area (Å²) in [5, 5.41) is 14.6. The molecule has 7 aliphatic rings. The van der Waals surface area contributed by atoms with Crippen molar-refractivity contribution < 1.29 is 36.2 Å². The molecule has 1 saturated heterocycles. The van der Waals surface area contributed by atoms with Gasteiger partial charge < -0.3 is 20.1 Å². The first kappa shape index (κ1) is 42.3. The fourth-order valence-corrected chi connectivity index (χ4v) is 16.1. The van der Waals surface area contributed by atoms with Crippen molar-refractivity contribution in [1.82, 2.24) is 15.2 Å². The number of allylic oxidation sites excluding steroid dienone is 4. The van der Waals surface area contributed by atoms with E-state index in [-0.39, 0.29) is 40.9 Å². The molecule has 0 radical (unpaired) electrons. The number of rotatable bonds is 10. The number of carboxylic acids is 1. The molecule has 8 unspecified atom stereocenters. The van der Waals surface area contributed by atoms with E-state index in [4.69, 9.17) is 4.74 Å². The molecule has 1 aromatic heterocycles. The SMILES string of the molecule is CC1(C)C(C2=CCC(CCOc3ncccc3C(F)(F)F)(C(=O)O)CC2)=CCC2(C)C1CCC1(C)C3CCC4(NCCN5CCS(=O)(=O)CC5)CCC[C@@H]4C3CCC12. The van der Waals surface area contributed by atoms with E-state index in [0.29, 0.717) is 49.6 Å². The van der Waals surface area contributed by atoms with E-state index in [2.05, 4.69) is 55.0 Å². The summed E-state index contributed by atoms with van der Waals surface area (Å²) < 4.78 is 70.0. The van der Waals surface area contributed by atoms with Crippen molar-refractivity contribution in [2.45, 2.75) is 129 Å². The van der Waals surface area contributed by atoms with Crippen LogP contribution in [0.4, 0.5) is 13.2 Å². The molecule has 1 aliphatic heterocycles. The molecule has 8 rings (SSSR count).